The van der Waals surface area contributed by atoms with E-state index in [4.69, 9.17) is 9.47 Å². The van der Waals surface area contributed by atoms with Crippen molar-refractivity contribution in [1.29, 1.82) is 0 Å². The van der Waals surface area contributed by atoms with Crippen LogP contribution in [0.15, 0.2) is 58.8 Å². The number of sulfonamides is 1. The molecule has 0 aliphatic rings. The van der Waals surface area contributed by atoms with Gasteiger partial charge in [0.1, 0.15) is 5.75 Å². The largest absolute Gasteiger partial charge is 0.497 e. The van der Waals surface area contributed by atoms with Crippen molar-refractivity contribution in [2.24, 2.45) is 0 Å². The lowest BCUT2D eigenvalue weighted by molar-refractivity contribution is 0.0520. The molecular weight excluding hydrogens is 454 g/mol. The first kappa shape index (κ1) is 23.2. The van der Waals surface area contributed by atoms with Crippen LogP contribution in [0.25, 0.3) is 0 Å². The molecule has 168 valence electrons. The molecule has 1 heterocycles. The number of amides is 1. The van der Waals surface area contributed by atoms with E-state index in [1.165, 1.54) is 43.8 Å². The summed E-state index contributed by atoms with van der Waals surface area (Å²) in [6.07, 6.45) is 0. The number of carbonyl (C=O) groups is 2. The fourth-order valence-corrected chi connectivity index (χ4v) is 4.60. The second kappa shape index (κ2) is 9.79. The van der Waals surface area contributed by atoms with Gasteiger partial charge in [0.25, 0.3) is 15.9 Å². The summed E-state index contributed by atoms with van der Waals surface area (Å²) in [5.74, 6) is -0.538. The Labute approximate surface area is 189 Å². The van der Waals surface area contributed by atoms with Crippen LogP contribution in [0.4, 0.5) is 10.8 Å². The number of nitrogens with one attached hydrogen (secondary N) is 1. The van der Waals surface area contributed by atoms with E-state index in [0.29, 0.717) is 11.4 Å². The predicted molar refractivity (Wildman–Crippen MR) is 121 cm³/mol. The van der Waals surface area contributed by atoms with E-state index in [2.05, 4.69) is 10.3 Å². The molecule has 9 nitrogen and oxygen atoms in total. The quantitative estimate of drug-likeness (QED) is 0.497. The highest BCUT2D eigenvalue weighted by molar-refractivity contribution is 7.92. The number of hydrogen-bond donors (Lipinski definition) is 1. The van der Waals surface area contributed by atoms with Gasteiger partial charge in [-0.25, -0.2) is 18.2 Å². The summed E-state index contributed by atoms with van der Waals surface area (Å²) < 4.78 is 37.2. The SMILES string of the molecule is CCOC(=O)c1csc(NC(=O)c2cccc(S(=O)(=O)N(C)c3ccc(OC)cc3)c2)n1. The summed E-state index contributed by atoms with van der Waals surface area (Å²) in [5, 5.41) is 4.23. The zero-order valence-corrected chi connectivity index (χ0v) is 19.2. The average Bonchev–Trinajstić information content (AvgIpc) is 3.27. The van der Waals surface area contributed by atoms with Gasteiger partial charge >= 0.3 is 5.97 Å². The topological polar surface area (TPSA) is 115 Å². The lowest BCUT2D eigenvalue weighted by Crippen LogP contribution is -2.26. The predicted octanol–water partition coefficient (Wildman–Crippen LogP) is 3.41. The molecule has 0 atom stereocenters. The summed E-state index contributed by atoms with van der Waals surface area (Å²) in [4.78, 5) is 28.3. The molecule has 0 aliphatic heterocycles. The summed E-state index contributed by atoms with van der Waals surface area (Å²) in [5.41, 5.74) is 0.654. The number of benzene rings is 2. The smallest absolute Gasteiger partial charge is 0.357 e. The number of carbonyl (C=O) groups excluding carboxylic acids is 2. The number of nitrogens with zero attached hydrogens (tertiary/aromatic N) is 2. The van der Waals surface area contributed by atoms with Crippen molar-refractivity contribution in [2.75, 3.05) is 30.4 Å². The first-order chi connectivity index (χ1) is 15.3. The average molecular weight is 476 g/mol. The highest BCUT2D eigenvalue weighted by Crippen LogP contribution is 2.25. The van der Waals surface area contributed by atoms with Crippen molar-refractivity contribution in [3.05, 3.63) is 65.2 Å². The van der Waals surface area contributed by atoms with Crippen LogP contribution in [0.3, 0.4) is 0 Å². The molecule has 1 N–H and O–H groups in total. The molecule has 1 amide bonds. The zero-order chi connectivity index (χ0) is 23.3. The standard InChI is InChI=1S/C21H21N3O6S2/c1-4-30-20(26)18-13-31-21(22-18)23-19(25)14-6-5-7-17(12-14)32(27,28)24(2)15-8-10-16(29-3)11-9-15/h5-13H,4H2,1-3H3,(H,22,23,25). The van der Waals surface area contributed by atoms with Gasteiger partial charge in [-0.15, -0.1) is 11.3 Å². The lowest BCUT2D eigenvalue weighted by atomic mass is 10.2. The number of thiazole rings is 1. The Hall–Kier alpha value is -3.44. The molecule has 0 saturated carbocycles. The molecule has 32 heavy (non-hydrogen) atoms. The number of aromatic nitrogens is 1. The molecule has 11 heteroatoms. The first-order valence-electron chi connectivity index (χ1n) is 9.43. The van der Waals surface area contributed by atoms with E-state index < -0.39 is 21.9 Å². The normalized spacial score (nSPS) is 11.0. The van der Waals surface area contributed by atoms with Gasteiger partial charge < -0.3 is 9.47 Å². The van der Waals surface area contributed by atoms with Crippen molar-refractivity contribution in [2.45, 2.75) is 11.8 Å². The van der Waals surface area contributed by atoms with E-state index in [0.717, 1.165) is 15.6 Å². The molecule has 0 bridgehead atoms. The monoisotopic (exact) mass is 475 g/mol. The van der Waals surface area contributed by atoms with Gasteiger partial charge in [-0.2, -0.15) is 0 Å². The molecule has 0 fully saturated rings. The van der Waals surface area contributed by atoms with Crippen LogP contribution in [0.5, 0.6) is 5.75 Å². The van der Waals surface area contributed by atoms with E-state index >= 15 is 0 Å². The van der Waals surface area contributed by atoms with Crippen LogP contribution in [-0.4, -0.2) is 46.0 Å². The van der Waals surface area contributed by atoms with Crippen molar-refractivity contribution in [3.8, 4) is 5.75 Å². The Morgan fingerprint density at radius 2 is 1.88 bits per heavy atom. The third-order valence-electron chi connectivity index (χ3n) is 4.40. The fourth-order valence-electron chi connectivity index (χ4n) is 2.69. The highest BCUT2D eigenvalue weighted by Gasteiger charge is 2.23. The Kier molecular flexibility index (Phi) is 7.11. The van der Waals surface area contributed by atoms with Crippen molar-refractivity contribution in [1.82, 2.24) is 4.98 Å². The van der Waals surface area contributed by atoms with E-state index in [1.807, 2.05) is 0 Å². The third-order valence-corrected chi connectivity index (χ3v) is 6.94. The van der Waals surface area contributed by atoms with Gasteiger partial charge in [-0.05, 0) is 49.4 Å². The van der Waals surface area contributed by atoms with Crippen molar-refractivity contribution in [3.63, 3.8) is 0 Å². The van der Waals surface area contributed by atoms with Crippen LogP contribution < -0.4 is 14.4 Å². The maximum Gasteiger partial charge on any atom is 0.357 e. The second-order valence-electron chi connectivity index (χ2n) is 6.41. The minimum absolute atomic E-state index is 0.0465. The van der Waals surface area contributed by atoms with Gasteiger partial charge in [0.15, 0.2) is 10.8 Å². The lowest BCUT2D eigenvalue weighted by Gasteiger charge is -2.20. The Morgan fingerprint density at radius 3 is 2.53 bits per heavy atom. The number of rotatable bonds is 8. The molecule has 0 aliphatic carbocycles. The van der Waals surface area contributed by atoms with Crippen molar-refractivity contribution >= 4 is 44.1 Å². The summed E-state index contributed by atoms with van der Waals surface area (Å²) >= 11 is 1.06. The number of esters is 1. The Bertz CT molecular complexity index is 1220. The third kappa shape index (κ3) is 5.06. The van der Waals surface area contributed by atoms with Gasteiger partial charge in [0.2, 0.25) is 0 Å². The molecule has 0 spiro atoms. The molecule has 3 rings (SSSR count). The Morgan fingerprint density at radius 1 is 1.16 bits per heavy atom. The number of hydrogen-bond acceptors (Lipinski definition) is 8. The van der Waals surface area contributed by atoms with Crippen LogP contribution in [0, 0.1) is 0 Å². The minimum Gasteiger partial charge on any atom is -0.497 e. The maximum atomic E-state index is 13.1. The highest BCUT2D eigenvalue weighted by atomic mass is 32.2. The molecule has 0 saturated heterocycles. The molecule has 3 aromatic rings. The minimum atomic E-state index is -3.92. The zero-order valence-electron chi connectivity index (χ0n) is 17.6. The van der Waals surface area contributed by atoms with Crippen LogP contribution in [0.1, 0.15) is 27.8 Å². The van der Waals surface area contributed by atoms with Crippen LogP contribution >= 0.6 is 11.3 Å². The first-order valence-corrected chi connectivity index (χ1v) is 11.7. The van der Waals surface area contributed by atoms with E-state index in [1.54, 1.807) is 31.2 Å². The summed E-state index contributed by atoms with van der Waals surface area (Å²) in [6.45, 7) is 1.89. The van der Waals surface area contributed by atoms with Crippen molar-refractivity contribution < 1.29 is 27.5 Å². The van der Waals surface area contributed by atoms with E-state index in [9.17, 15) is 18.0 Å². The molecule has 0 radical (unpaired) electrons. The van der Waals surface area contributed by atoms with Gasteiger partial charge in [-0.3, -0.25) is 14.4 Å². The fraction of sp³-hybridized carbons (Fsp3) is 0.190. The number of ether oxygens (including phenoxy) is 2. The second-order valence-corrected chi connectivity index (χ2v) is 9.24. The van der Waals surface area contributed by atoms with Crippen LogP contribution in [-0.2, 0) is 14.8 Å². The maximum absolute atomic E-state index is 13.1. The number of anilines is 2. The molecule has 1 aromatic heterocycles. The van der Waals surface area contributed by atoms with E-state index in [-0.39, 0.29) is 27.9 Å². The molecule has 2 aromatic carbocycles. The molecule has 0 unspecified atom stereocenters. The van der Waals surface area contributed by atoms with Crippen LogP contribution in [0.2, 0.25) is 0 Å². The number of methoxy groups -OCH3 is 1. The molecular formula is C21H21N3O6S2. The summed E-state index contributed by atoms with van der Waals surface area (Å²) in [6, 6.07) is 12.2. The Balaban J connectivity index is 1.79. The summed E-state index contributed by atoms with van der Waals surface area (Å²) in [7, 11) is -0.965. The van der Waals surface area contributed by atoms with Gasteiger partial charge in [0.05, 0.1) is 24.3 Å². The van der Waals surface area contributed by atoms with Gasteiger partial charge in [-0.1, -0.05) is 6.07 Å². The van der Waals surface area contributed by atoms with Gasteiger partial charge in [0, 0.05) is 18.0 Å².